The van der Waals surface area contributed by atoms with Gasteiger partial charge in [0.1, 0.15) is 0 Å². The molecule has 0 amide bonds. The molecule has 0 spiro atoms. The van der Waals surface area contributed by atoms with Gasteiger partial charge in [0.15, 0.2) is 0 Å². The Labute approximate surface area is 125 Å². The SMILES string of the molecule is C[C@]12[C@@H]3[C@@H]4[C@@H]5[C@@H]3[C@H]1n1c(=O)n(-c3ccccc3)c(=O)n1[C@H]5[C@@H]42. The second-order valence-corrected chi connectivity index (χ2v) is 8.01. The average molecular weight is 293 g/mol. The molecular weight excluding hydrogens is 278 g/mol. The highest BCUT2D eigenvalue weighted by atomic mass is 16.2. The fourth-order valence-electron chi connectivity index (χ4n) is 7.43. The Balaban J connectivity index is 1.57. The molecule has 1 aromatic carbocycles. The summed E-state index contributed by atoms with van der Waals surface area (Å²) in [6.07, 6.45) is 0. The van der Waals surface area contributed by atoms with Gasteiger partial charge in [-0.3, -0.25) is 0 Å². The molecule has 110 valence electrons. The van der Waals surface area contributed by atoms with Crippen molar-refractivity contribution >= 4 is 0 Å². The summed E-state index contributed by atoms with van der Waals surface area (Å²) < 4.78 is 5.01. The molecule has 3 heterocycles. The average Bonchev–Trinajstić information content (AvgIpc) is 2.72. The third kappa shape index (κ3) is 0.668. The fourth-order valence-corrected chi connectivity index (χ4v) is 7.43. The Morgan fingerprint density at radius 2 is 1.64 bits per heavy atom. The maximum atomic E-state index is 13.0. The highest BCUT2D eigenvalue weighted by Gasteiger charge is 2.95. The number of hydrogen-bond acceptors (Lipinski definition) is 2. The quantitative estimate of drug-likeness (QED) is 0.789. The van der Waals surface area contributed by atoms with Gasteiger partial charge < -0.3 is 0 Å². The number of aromatic nitrogens is 3. The van der Waals surface area contributed by atoms with E-state index in [0.717, 1.165) is 11.8 Å². The number of nitrogens with zero attached hydrogens (tertiary/aromatic N) is 3. The van der Waals surface area contributed by atoms with Crippen LogP contribution in [-0.4, -0.2) is 13.9 Å². The largest absolute Gasteiger partial charge is 0.352 e. The van der Waals surface area contributed by atoms with Crippen LogP contribution in [-0.2, 0) is 0 Å². The molecule has 5 nitrogen and oxygen atoms in total. The summed E-state index contributed by atoms with van der Waals surface area (Å²) in [5.74, 6) is 3.73. The molecule has 5 heteroatoms. The Kier molecular flexibility index (Phi) is 1.29. The van der Waals surface area contributed by atoms with Gasteiger partial charge in [-0.2, -0.15) is 0 Å². The van der Waals surface area contributed by atoms with E-state index in [2.05, 4.69) is 6.92 Å². The van der Waals surface area contributed by atoms with Gasteiger partial charge in [0.2, 0.25) is 0 Å². The summed E-state index contributed by atoms with van der Waals surface area (Å²) in [7, 11) is 0. The van der Waals surface area contributed by atoms with Crippen LogP contribution in [0.15, 0.2) is 39.9 Å². The lowest BCUT2D eigenvalue weighted by Gasteiger charge is -2.96. The van der Waals surface area contributed by atoms with Gasteiger partial charge in [-0.25, -0.2) is 23.5 Å². The smallest absolute Gasteiger partial charge is 0.245 e. The molecule has 8 atom stereocenters. The van der Waals surface area contributed by atoms with Crippen molar-refractivity contribution in [2.75, 3.05) is 0 Å². The minimum atomic E-state index is -0.141. The molecule has 0 saturated heterocycles. The van der Waals surface area contributed by atoms with Gasteiger partial charge in [-0.15, -0.1) is 0 Å². The number of rotatable bonds is 1. The third-order valence-electron chi connectivity index (χ3n) is 7.90. The lowest BCUT2D eigenvalue weighted by molar-refractivity contribution is -0.496. The molecule has 0 N–H and O–H groups in total. The number of benzene rings is 1. The second-order valence-electron chi connectivity index (χ2n) is 8.01. The maximum Gasteiger partial charge on any atom is 0.352 e. The van der Waals surface area contributed by atoms with Gasteiger partial charge in [-0.05, 0) is 47.1 Å². The molecule has 22 heavy (non-hydrogen) atoms. The molecule has 0 radical (unpaired) electrons. The molecule has 2 bridgehead atoms. The summed E-state index contributed by atoms with van der Waals surface area (Å²) in [6, 6.07) is 9.89. The van der Waals surface area contributed by atoms with Crippen molar-refractivity contribution in [3.05, 3.63) is 51.3 Å². The number of para-hydroxylation sites is 1. The molecule has 8 rings (SSSR count). The molecule has 2 aromatic rings. The Hall–Kier alpha value is -2.04. The van der Waals surface area contributed by atoms with Crippen LogP contribution < -0.4 is 11.4 Å². The topological polar surface area (TPSA) is 48.9 Å². The van der Waals surface area contributed by atoms with Gasteiger partial charge in [0.05, 0.1) is 17.8 Å². The zero-order valence-corrected chi connectivity index (χ0v) is 12.1. The van der Waals surface area contributed by atoms with Crippen molar-refractivity contribution in [1.82, 2.24) is 13.9 Å². The summed E-state index contributed by atoms with van der Waals surface area (Å²) in [5.41, 5.74) is 0.707. The standard InChI is InChI=1S/C17H15N3O2/c1-17-11-9-8-10(11)14(17)20-16(22)18(7-5-3-2-4-6-7)15(21)19(20)13(8)12(9)17/h2-6,8-14H,1H3/t8-,9+,10+,11-,12-,13-,14-,17-/m1/s1. The summed E-state index contributed by atoms with van der Waals surface area (Å²) in [4.78, 5) is 25.9. The van der Waals surface area contributed by atoms with Crippen LogP contribution in [0.1, 0.15) is 19.0 Å². The highest BCUT2D eigenvalue weighted by molar-refractivity contribution is 5.42. The lowest BCUT2D eigenvalue weighted by atomic mass is 9.11. The van der Waals surface area contributed by atoms with Crippen molar-refractivity contribution in [3.8, 4) is 5.69 Å². The predicted molar refractivity (Wildman–Crippen MR) is 77.9 cm³/mol. The van der Waals surface area contributed by atoms with Crippen LogP contribution >= 0.6 is 0 Å². The molecule has 4 aliphatic carbocycles. The first-order chi connectivity index (χ1) is 10.7. The van der Waals surface area contributed by atoms with E-state index < -0.39 is 0 Å². The van der Waals surface area contributed by atoms with Crippen molar-refractivity contribution in [1.29, 1.82) is 0 Å². The van der Waals surface area contributed by atoms with E-state index in [1.54, 1.807) is 0 Å². The molecule has 6 aliphatic rings. The van der Waals surface area contributed by atoms with Gasteiger partial charge >= 0.3 is 11.4 Å². The zero-order chi connectivity index (χ0) is 14.5. The van der Waals surface area contributed by atoms with Crippen LogP contribution in [0.2, 0.25) is 0 Å². The second kappa shape index (κ2) is 2.66. The van der Waals surface area contributed by atoms with E-state index in [1.165, 1.54) is 4.57 Å². The third-order valence-corrected chi connectivity index (χ3v) is 7.90. The minimum Gasteiger partial charge on any atom is -0.245 e. The molecule has 2 aliphatic heterocycles. The Morgan fingerprint density at radius 3 is 2.36 bits per heavy atom. The van der Waals surface area contributed by atoms with Crippen LogP contribution in [0.5, 0.6) is 0 Å². The first-order valence-electron chi connectivity index (χ1n) is 8.19. The van der Waals surface area contributed by atoms with Crippen LogP contribution in [0.25, 0.3) is 5.69 Å². The van der Waals surface area contributed by atoms with E-state index in [9.17, 15) is 9.59 Å². The van der Waals surface area contributed by atoms with E-state index >= 15 is 0 Å². The highest BCUT2D eigenvalue weighted by Crippen LogP contribution is 2.96. The van der Waals surface area contributed by atoms with Gasteiger partial charge in [-0.1, -0.05) is 25.1 Å². The van der Waals surface area contributed by atoms with Crippen molar-refractivity contribution in [3.63, 3.8) is 0 Å². The Bertz CT molecular complexity index is 999. The van der Waals surface area contributed by atoms with E-state index in [1.807, 2.05) is 39.7 Å². The molecule has 4 saturated carbocycles. The van der Waals surface area contributed by atoms with Crippen molar-refractivity contribution in [2.45, 2.75) is 19.0 Å². The van der Waals surface area contributed by atoms with E-state index in [4.69, 9.17) is 0 Å². The predicted octanol–water partition coefficient (Wildman–Crippen LogP) is 1.04. The van der Waals surface area contributed by atoms with Crippen molar-refractivity contribution in [2.24, 2.45) is 35.0 Å². The first-order valence-corrected chi connectivity index (χ1v) is 8.19. The summed E-state index contributed by atoms with van der Waals surface area (Å²) in [5, 5.41) is 0. The molecular formula is C17H15N3O2. The molecule has 1 aromatic heterocycles. The molecule has 0 unspecified atom stereocenters. The maximum absolute atomic E-state index is 13.0. The minimum absolute atomic E-state index is 0.138. The monoisotopic (exact) mass is 293 g/mol. The van der Waals surface area contributed by atoms with Crippen LogP contribution in [0.3, 0.4) is 0 Å². The van der Waals surface area contributed by atoms with Crippen molar-refractivity contribution < 1.29 is 0 Å². The van der Waals surface area contributed by atoms with Crippen LogP contribution in [0, 0.1) is 35.0 Å². The fraction of sp³-hybridized carbons (Fsp3) is 0.529. The number of hydrogen-bond donors (Lipinski definition) is 0. The van der Waals surface area contributed by atoms with Gasteiger partial charge in [0, 0.05) is 0 Å². The van der Waals surface area contributed by atoms with Crippen LogP contribution in [0.4, 0.5) is 0 Å². The molecule has 4 fully saturated rings. The Morgan fingerprint density at radius 1 is 0.909 bits per heavy atom. The van der Waals surface area contributed by atoms with E-state index in [0.29, 0.717) is 34.9 Å². The normalized spacial score (nSPS) is 50.1. The summed E-state index contributed by atoms with van der Waals surface area (Å²) in [6.45, 7) is 2.35. The lowest BCUT2D eigenvalue weighted by Crippen LogP contribution is -2.95. The first kappa shape index (κ1) is 10.6. The zero-order valence-electron chi connectivity index (χ0n) is 12.1. The van der Waals surface area contributed by atoms with E-state index in [-0.39, 0.29) is 17.4 Å². The van der Waals surface area contributed by atoms with Gasteiger partial charge in [0.25, 0.3) is 0 Å². The summed E-state index contributed by atoms with van der Waals surface area (Å²) >= 11 is 0.